The lowest BCUT2D eigenvalue weighted by Crippen LogP contribution is -2.56. The number of hydrogen-bond donors (Lipinski definition) is 2. The smallest absolute Gasteiger partial charge is 0.407 e. The fourth-order valence-electron chi connectivity index (χ4n) is 7.07. The van der Waals surface area contributed by atoms with E-state index in [9.17, 15) is 19.2 Å². The van der Waals surface area contributed by atoms with Gasteiger partial charge < -0.3 is 34.5 Å². The van der Waals surface area contributed by atoms with Crippen LogP contribution in [0.1, 0.15) is 77.7 Å². The van der Waals surface area contributed by atoms with Crippen LogP contribution in [0.3, 0.4) is 0 Å². The van der Waals surface area contributed by atoms with Gasteiger partial charge in [0, 0.05) is 34.9 Å². The maximum absolute atomic E-state index is 14.5. The van der Waals surface area contributed by atoms with Gasteiger partial charge in [0.25, 0.3) is 0 Å². The van der Waals surface area contributed by atoms with E-state index in [2.05, 4.69) is 28.8 Å². The SMILES string of the molecule is C=CCC(C)(C)COC(=O)N[C@H]1CCCCCC=C[C@@H]2C[C@@]2(C(=O)OCC)NC(=O)[C@@H]2C[C@@H](Oc3nccc4cc(OC)c(C=C)cc34)CN2C1=O. The molecular weight excluding hydrogens is 664 g/mol. The molecule has 52 heavy (non-hydrogen) atoms. The van der Waals surface area contributed by atoms with Gasteiger partial charge in [0.05, 0.1) is 26.9 Å². The van der Waals surface area contributed by atoms with Crippen molar-refractivity contribution in [2.45, 2.75) is 95.9 Å². The minimum Gasteiger partial charge on any atom is -0.496 e. The summed E-state index contributed by atoms with van der Waals surface area (Å²) in [4.78, 5) is 61.1. The molecule has 280 valence electrons. The molecule has 2 fully saturated rings. The maximum Gasteiger partial charge on any atom is 0.407 e. The Morgan fingerprint density at radius 3 is 2.71 bits per heavy atom. The molecule has 12 heteroatoms. The molecule has 2 N–H and O–H groups in total. The summed E-state index contributed by atoms with van der Waals surface area (Å²) in [5, 5.41) is 7.33. The number of methoxy groups -OCH3 is 1. The zero-order valence-corrected chi connectivity index (χ0v) is 30.8. The van der Waals surface area contributed by atoms with Gasteiger partial charge in [-0.3, -0.25) is 9.59 Å². The quantitative estimate of drug-likeness (QED) is 0.215. The third-order valence-electron chi connectivity index (χ3n) is 10.0. The summed E-state index contributed by atoms with van der Waals surface area (Å²) in [5.41, 5.74) is -0.786. The number of nitrogens with zero attached hydrogens (tertiary/aromatic N) is 2. The molecule has 12 nitrogen and oxygen atoms in total. The van der Waals surface area contributed by atoms with Gasteiger partial charge in [-0.15, -0.1) is 6.58 Å². The van der Waals surface area contributed by atoms with Crippen molar-refractivity contribution < 1.29 is 38.1 Å². The minimum absolute atomic E-state index is 0.0504. The number of alkyl carbamates (subject to hydrolysis) is 1. The molecule has 3 aliphatic rings. The van der Waals surface area contributed by atoms with Crippen LogP contribution in [0, 0.1) is 11.3 Å². The van der Waals surface area contributed by atoms with E-state index in [4.69, 9.17) is 18.9 Å². The summed E-state index contributed by atoms with van der Waals surface area (Å²) in [5.74, 6) is -0.651. The number of hydrogen-bond acceptors (Lipinski definition) is 9. The van der Waals surface area contributed by atoms with Crippen molar-refractivity contribution in [1.29, 1.82) is 0 Å². The molecule has 2 aliphatic heterocycles. The highest BCUT2D eigenvalue weighted by Crippen LogP contribution is 2.46. The Balaban J connectivity index is 1.45. The van der Waals surface area contributed by atoms with Gasteiger partial charge in [0.1, 0.15) is 29.5 Å². The summed E-state index contributed by atoms with van der Waals surface area (Å²) >= 11 is 0. The van der Waals surface area contributed by atoms with Gasteiger partial charge in [-0.05, 0) is 62.6 Å². The van der Waals surface area contributed by atoms with E-state index in [-0.39, 0.29) is 37.5 Å². The molecule has 1 aromatic heterocycles. The Morgan fingerprint density at radius 2 is 1.98 bits per heavy atom. The minimum atomic E-state index is -1.21. The number of carbonyl (C=O) groups excluding carboxylic acids is 4. The molecule has 5 atom stereocenters. The van der Waals surface area contributed by atoms with E-state index in [1.54, 1.807) is 32.4 Å². The van der Waals surface area contributed by atoms with Gasteiger partial charge in [0.15, 0.2) is 0 Å². The lowest BCUT2D eigenvalue weighted by molar-refractivity contribution is -0.150. The highest BCUT2D eigenvalue weighted by atomic mass is 16.6. The van der Waals surface area contributed by atoms with Crippen LogP contribution >= 0.6 is 0 Å². The first kappa shape index (κ1) is 38.4. The van der Waals surface area contributed by atoms with E-state index < -0.39 is 47.6 Å². The van der Waals surface area contributed by atoms with E-state index in [0.717, 1.165) is 30.2 Å². The van der Waals surface area contributed by atoms with Crippen LogP contribution < -0.4 is 20.1 Å². The van der Waals surface area contributed by atoms with Gasteiger partial charge in [-0.25, -0.2) is 14.6 Å². The van der Waals surface area contributed by atoms with Gasteiger partial charge in [-0.2, -0.15) is 0 Å². The van der Waals surface area contributed by atoms with Crippen molar-refractivity contribution in [1.82, 2.24) is 20.5 Å². The Morgan fingerprint density at radius 1 is 1.17 bits per heavy atom. The van der Waals surface area contributed by atoms with Crippen molar-refractivity contribution in [2.24, 2.45) is 11.3 Å². The predicted octanol–water partition coefficient (Wildman–Crippen LogP) is 5.89. The molecule has 0 spiro atoms. The average Bonchev–Trinajstić information content (AvgIpc) is 3.65. The van der Waals surface area contributed by atoms with E-state index in [1.165, 1.54) is 4.90 Å². The molecule has 0 unspecified atom stereocenters. The Bertz CT molecular complexity index is 1710. The lowest BCUT2D eigenvalue weighted by atomic mass is 9.91. The molecule has 2 aromatic rings. The number of rotatable bonds is 11. The molecular formula is C40H52N4O8. The first-order valence-corrected chi connectivity index (χ1v) is 18.2. The van der Waals surface area contributed by atoms with E-state index in [1.807, 2.05) is 44.2 Å². The van der Waals surface area contributed by atoms with Crippen LogP contribution in [0.4, 0.5) is 4.79 Å². The van der Waals surface area contributed by atoms with Crippen molar-refractivity contribution in [3.63, 3.8) is 0 Å². The molecule has 1 aromatic carbocycles. The number of esters is 1. The van der Waals surface area contributed by atoms with Gasteiger partial charge >= 0.3 is 12.1 Å². The van der Waals surface area contributed by atoms with Crippen LogP contribution in [0.2, 0.25) is 0 Å². The first-order chi connectivity index (χ1) is 24.9. The molecule has 0 bridgehead atoms. The molecule has 3 amide bonds. The van der Waals surface area contributed by atoms with Crippen LogP contribution in [-0.4, -0.2) is 84.4 Å². The van der Waals surface area contributed by atoms with Gasteiger partial charge in [-0.1, -0.05) is 57.6 Å². The van der Waals surface area contributed by atoms with Crippen LogP contribution in [-0.2, 0) is 23.9 Å². The Hall–Kier alpha value is -4.87. The monoisotopic (exact) mass is 716 g/mol. The summed E-state index contributed by atoms with van der Waals surface area (Å²) in [6.07, 6.45) is 12.4. The van der Waals surface area contributed by atoms with Crippen molar-refractivity contribution >= 4 is 40.7 Å². The third kappa shape index (κ3) is 8.77. The zero-order chi connectivity index (χ0) is 37.5. The molecule has 5 rings (SSSR count). The summed E-state index contributed by atoms with van der Waals surface area (Å²) in [6, 6.07) is 3.65. The lowest BCUT2D eigenvalue weighted by Gasteiger charge is -2.30. The number of amides is 3. The number of benzene rings is 1. The van der Waals surface area contributed by atoms with Crippen LogP contribution in [0.15, 0.2) is 55.8 Å². The fourth-order valence-corrected chi connectivity index (χ4v) is 7.07. The average molecular weight is 717 g/mol. The number of aromatic nitrogens is 1. The largest absolute Gasteiger partial charge is 0.496 e. The molecule has 3 heterocycles. The standard InChI is InChI=1S/C40H52N4O8/c1-7-18-39(4,5)25-51-38(48)42-31-16-14-12-10-11-13-15-28-23-40(28,37(47)50-9-3)43-34(45)32-22-29(24-44(32)36(31)46)52-35-30-20-26(8-2)33(49-6)21-27(30)17-19-41-35/h7-8,13,15,17,19-21,28-29,31-32H,1-2,9-12,14,16,18,22-25H2,3-6H3,(H,42,48)(H,43,45)/t28-,29-,31+,32+,40-/m1/s1. The summed E-state index contributed by atoms with van der Waals surface area (Å²) in [6.45, 7) is 13.7. The van der Waals surface area contributed by atoms with Gasteiger partial charge in [0.2, 0.25) is 17.7 Å². The number of fused-ring (bicyclic) bond motifs is 3. The topological polar surface area (TPSA) is 145 Å². The Labute approximate surface area is 306 Å². The number of allylic oxidation sites excluding steroid dienone is 2. The molecule has 1 saturated heterocycles. The van der Waals surface area contributed by atoms with Crippen molar-refractivity contribution in [3.05, 3.63) is 61.3 Å². The summed E-state index contributed by atoms with van der Waals surface area (Å²) < 4.78 is 23.0. The molecule has 1 saturated carbocycles. The third-order valence-corrected chi connectivity index (χ3v) is 10.0. The highest BCUT2D eigenvalue weighted by Gasteiger charge is 2.62. The van der Waals surface area contributed by atoms with Crippen LogP contribution in [0.5, 0.6) is 11.6 Å². The fraction of sp³-hybridized carbons (Fsp3) is 0.525. The second kappa shape index (κ2) is 16.6. The number of carbonyl (C=O) groups is 4. The van der Waals surface area contributed by atoms with Crippen molar-refractivity contribution in [2.75, 3.05) is 26.9 Å². The Kier molecular flexibility index (Phi) is 12.3. The zero-order valence-electron chi connectivity index (χ0n) is 30.8. The van der Waals surface area contributed by atoms with E-state index in [0.29, 0.717) is 42.7 Å². The maximum atomic E-state index is 14.5. The number of pyridine rings is 1. The molecule has 1 aliphatic carbocycles. The molecule has 0 radical (unpaired) electrons. The summed E-state index contributed by atoms with van der Waals surface area (Å²) in [7, 11) is 1.59. The highest BCUT2D eigenvalue weighted by molar-refractivity contribution is 5.97. The second-order valence-electron chi connectivity index (χ2n) is 14.6. The normalized spacial score (nSPS) is 25.0. The van der Waals surface area contributed by atoms with Crippen molar-refractivity contribution in [3.8, 4) is 11.6 Å². The number of ether oxygens (including phenoxy) is 4. The first-order valence-electron chi connectivity index (χ1n) is 18.2. The second-order valence-corrected chi connectivity index (χ2v) is 14.6. The van der Waals surface area contributed by atoms with E-state index >= 15 is 0 Å². The predicted molar refractivity (Wildman–Crippen MR) is 198 cm³/mol. The van der Waals surface area contributed by atoms with Crippen LogP contribution in [0.25, 0.3) is 16.8 Å². The number of nitrogens with one attached hydrogen (secondary N) is 2.